The quantitative estimate of drug-likeness (QED) is 0.308. The smallest absolute Gasteiger partial charge is 0.124 e. The van der Waals surface area contributed by atoms with E-state index in [0.29, 0.717) is 6.61 Å². The van der Waals surface area contributed by atoms with Crippen molar-refractivity contribution in [3.05, 3.63) is 114 Å². The van der Waals surface area contributed by atoms with Crippen molar-refractivity contribution in [3.63, 3.8) is 0 Å². The van der Waals surface area contributed by atoms with Crippen molar-refractivity contribution in [2.24, 2.45) is 0 Å². The van der Waals surface area contributed by atoms with Crippen molar-refractivity contribution < 1.29 is 9.13 Å². The van der Waals surface area contributed by atoms with Crippen molar-refractivity contribution in [2.45, 2.75) is 18.8 Å². The maximum Gasteiger partial charge on any atom is 0.124 e. The van der Waals surface area contributed by atoms with Crippen molar-refractivity contribution in [2.75, 3.05) is 26.2 Å². The Bertz CT molecular complexity index is 1170. The Hall–Kier alpha value is -3.17. The molecule has 1 fully saturated rings. The summed E-state index contributed by atoms with van der Waals surface area (Å²) in [6, 6.07) is 30.0. The summed E-state index contributed by atoms with van der Waals surface area (Å²) in [4.78, 5) is 2.47. The minimum Gasteiger partial charge on any atom is -0.492 e. The van der Waals surface area contributed by atoms with Crippen LogP contribution in [0.5, 0.6) is 5.75 Å². The Labute approximate surface area is 189 Å². The van der Waals surface area contributed by atoms with Crippen LogP contribution in [0.2, 0.25) is 0 Å². The lowest BCUT2D eigenvalue weighted by Crippen LogP contribution is -2.25. The molecule has 0 bridgehead atoms. The van der Waals surface area contributed by atoms with E-state index in [4.69, 9.17) is 4.74 Å². The summed E-state index contributed by atoms with van der Waals surface area (Å²) in [6.45, 7) is 3.93. The topological polar surface area (TPSA) is 12.5 Å². The lowest BCUT2D eigenvalue weighted by atomic mass is 9.82. The van der Waals surface area contributed by atoms with Gasteiger partial charge in [0.25, 0.3) is 0 Å². The van der Waals surface area contributed by atoms with E-state index in [9.17, 15) is 4.39 Å². The van der Waals surface area contributed by atoms with E-state index in [1.54, 1.807) is 12.1 Å². The predicted molar refractivity (Wildman–Crippen MR) is 129 cm³/mol. The number of hydrogen-bond acceptors (Lipinski definition) is 2. The molecule has 1 saturated heterocycles. The van der Waals surface area contributed by atoms with Crippen molar-refractivity contribution >= 4 is 10.8 Å². The summed E-state index contributed by atoms with van der Waals surface area (Å²) >= 11 is 0. The van der Waals surface area contributed by atoms with Crippen LogP contribution in [-0.2, 0) is 0 Å². The maximum absolute atomic E-state index is 13.8. The highest BCUT2D eigenvalue weighted by atomic mass is 19.1. The summed E-state index contributed by atoms with van der Waals surface area (Å²) < 4.78 is 20.2. The lowest BCUT2D eigenvalue weighted by molar-refractivity contribution is 0.236. The summed E-state index contributed by atoms with van der Waals surface area (Å²) in [5.74, 6) is 0.631. The number of fused-ring (bicyclic) bond motifs is 1. The Morgan fingerprint density at radius 2 is 1.44 bits per heavy atom. The van der Waals surface area contributed by atoms with Gasteiger partial charge in [0.2, 0.25) is 0 Å². The van der Waals surface area contributed by atoms with Crippen LogP contribution in [0.15, 0.2) is 91.0 Å². The molecule has 2 nitrogen and oxygen atoms in total. The van der Waals surface area contributed by atoms with Gasteiger partial charge in [-0.15, -0.1) is 0 Å². The monoisotopic (exact) mass is 425 g/mol. The minimum atomic E-state index is -0.222. The van der Waals surface area contributed by atoms with E-state index < -0.39 is 0 Å². The summed E-state index contributed by atoms with van der Waals surface area (Å²) in [5, 5.41) is 2.35. The third-order valence-corrected chi connectivity index (χ3v) is 6.42. The number of likely N-dealkylation sites (tertiary alicyclic amines) is 1. The van der Waals surface area contributed by atoms with Crippen LogP contribution < -0.4 is 4.74 Å². The highest BCUT2D eigenvalue weighted by Gasteiger charge is 2.23. The molecule has 1 aliphatic rings. The Morgan fingerprint density at radius 3 is 2.22 bits per heavy atom. The van der Waals surface area contributed by atoms with Gasteiger partial charge in [-0.25, -0.2) is 4.39 Å². The molecular weight excluding hydrogens is 397 g/mol. The third kappa shape index (κ3) is 4.39. The van der Waals surface area contributed by atoms with E-state index in [1.807, 2.05) is 18.2 Å². The van der Waals surface area contributed by atoms with Gasteiger partial charge in [0.15, 0.2) is 0 Å². The molecule has 1 unspecified atom stereocenters. The van der Waals surface area contributed by atoms with Gasteiger partial charge < -0.3 is 4.74 Å². The number of nitrogens with zero attached hydrogens (tertiary/aromatic N) is 1. The van der Waals surface area contributed by atoms with Crippen LogP contribution in [0.3, 0.4) is 0 Å². The second-order valence-electron chi connectivity index (χ2n) is 8.49. The van der Waals surface area contributed by atoms with Gasteiger partial charge in [0.1, 0.15) is 18.2 Å². The van der Waals surface area contributed by atoms with E-state index in [2.05, 4.69) is 65.6 Å². The maximum atomic E-state index is 13.8. The number of hydrogen-bond donors (Lipinski definition) is 0. The second-order valence-corrected chi connectivity index (χ2v) is 8.49. The highest BCUT2D eigenvalue weighted by Crippen LogP contribution is 2.41. The van der Waals surface area contributed by atoms with Gasteiger partial charge in [-0.3, -0.25) is 4.90 Å². The molecule has 162 valence electrons. The summed E-state index contributed by atoms with van der Waals surface area (Å²) in [7, 11) is 0. The average Bonchev–Trinajstić information content (AvgIpc) is 3.36. The first-order valence-corrected chi connectivity index (χ1v) is 11.5. The van der Waals surface area contributed by atoms with E-state index >= 15 is 0 Å². The van der Waals surface area contributed by atoms with Gasteiger partial charge in [-0.1, -0.05) is 72.8 Å². The highest BCUT2D eigenvalue weighted by molar-refractivity contribution is 5.89. The standard InChI is InChI=1S/C29H28FNO/c30-25-15-12-24(13-16-25)28(23-9-2-1-3-10-23)29-26-11-5-4-8-22(26)14-17-27(29)32-21-20-31-18-6-7-19-31/h1-5,8-17,28H,6-7,18-21H2. The average molecular weight is 426 g/mol. The van der Waals surface area contributed by atoms with Gasteiger partial charge in [0, 0.05) is 18.0 Å². The van der Waals surface area contributed by atoms with Gasteiger partial charge in [0.05, 0.1) is 0 Å². The van der Waals surface area contributed by atoms with Crippen LogP contribution in [0.25, 0.3) is 10.8 Å². The molecular formula is C29H28FNO. The molecule has 1 atom stereocenters. The molecule has 32 heavy (non-hydrogen) atoms. The Kier molecular flexibility index (Phi) is 6.17. The van der Waals surface area contributed by atoms with Gasteiger partial charge in [-0.2, -0.15) is 0 Å². The molecule has 1 aliphatic heterocycles. The molecule has 1 heterocycles. The molecule has 5 rings (SSSR count). The number of halogens is 1. The Morgan fingerprint density at radius 1 is 0.750 bits per heavy atom. The molecule has 0 radical (unpaired) electrons. The van der Waals surface area contributed by atoms with Crippen LogP contribution in [-0.4, -0.2) is 31.1 Å². The van der Waals surface area contributed by atoms with Crippen LogP contribution in [0, 0.1) is 5.82 Å². The van der Waals surface area contributed by atoms with E-state index in [0.717, 1.165) is 36.5 Å². The normalized spacial score (nSPS) is 15.2. The zero-order valence-corrected chi connectivity index (χ0v) is 18.2. The number of ether oxygens (including phenoxy) is 1. The predicted octanol–water partition coefficient (Wildman–Crippen LogP) is 6.63. The van der Waals surface area contributed by atoms with Crippen LogP contribution in [0.1, 0.15) is 35.4 Å². The molecule has 3 heteroatoms. The fraction of sp³-hybridized carbons (Fsp3) is 0.241. The number of benzene rings is 4. The second kappa shape index (κ2) is 9.54. The molecule has 0 aromatic heterocycles. The van der Waals surface area contributed by atoms with Crippen LogP contribution >= 0.6 is 0 Å². The van der Waals surface area contributed by atoms with Crippen LogP contribution in [0.4, 0.5) is 4.39 Å². The fourth-order valence-electron chi connectivity index (χ4n) is 4.82. The zero-order valence-electron chi connectivity index (χ0n) is 18.2. The Balaban J connectivity index is 1.61. The summed E-state index contributed by atoms with van der Waals surface area (Å²) in [5.41, 5.74) is 3.36. The summed E-state index contributed by atoms with van der Waals surface area (Å²) in [6.07, 6.45) is 2.56. The lowest BCUT2D eigenvalue weighted by Gasteiger charge is -2.24. The number of rotatable bonds is 7. The molecule has 0 aliphatic carbocycles. The minimum absolute atomic E-state index is 0.0512. The molecule has 0 saturated carbocycles. The first-order chi connectivity index (χ1) is 15.8. The molecule has 4 aromatic rings. The van der Waals surface area contributed by atoms with Gasteiger partial charge >= 0.3 is 0 Å². The molecule has 0 spiro atoms. The van der Waals surface area contributed by atoms with Crippen molar-refractivity contribution in [1.82, 2.24) is 4.90 Å². The SMILES string of the molecule is Fc1ccc(C(c2ccccc2)c2c(OCCN3CCCC3)ccc3ccccc23)cc1. The fourth-order valence-corrected chi connectivity index (χ4v) is 4.82. The van der Waals surface area contributed by atoms with E-state index in [1.165, 1.54) is 29.2 Å². The van der Waals surface area contributed by atoms with Crippen molar-refractivity contribution in [1.29, 1.82) is 0 Å². The first kappa shape index (κ1) is 20.7. The first-order valence-electron chi connectivity index (χ1n) is 11.5. The third-order valence-electron chi connectivity index (χ3n) is 6.42. The van der Waals surface area contributed by atoms with Crippen molar-refractivity contribution in [3.8, 4) is 5.75 Å². The largest absolute Gasteiger partial charge is 0.492 e. The zero-order chi connectivity index (χ0) is 21.8. The molecule has 0 amide bonds. The molecule has 4 aromatic carbocycles. The van der Waals surface area contributed by atoms with Gasteiger partial charge in [-0.05, 0) is 66.0 Å². The molecule has 0 N–H and O–H groups in total. The van der Waals surface area contributed by atoms with E-state index in [-0.39, 0.29) is 11.7 Å².